The van der Waals surface area contributed by atoms with Gasteiger partial charge in [-0.15, -0.1) is 0 Å². The van der Waals surface area contributed by atoms with Crippen molar-refractivity contribution in [2.45, 2.75) is 19.8 Å². The Kier molecular flexibility index (Phi) is 2.94. The molecule has 15 heavy (non-hydrogen) atoms. The third-order valence-electron chi connectivity index (χ3n) is 2.70. The maximum atomic E-state index is 10.7. The predicted molar refractivity (Wildman–Crippen MR) is 57.8 cm³/mol. The summed E-state index contributed by atoms with van der Waals surface area (Å²) in [7, 11) is 0. The molecule has 1 saturated heterocycles. The van der Waals surface area contributed by atoms with Crippen LogP contribution >= 0.6 is 0 Å². The van der Waals surface area contributed by atoms with Gasteiger partial charge in [0.2, 0.25) is 5.95 Å². The molecule has 80 valence electrons. The summed E-state index contributed by atoms with van der Waals surface area (Å²) in [5, 5.41) is 0. The topological polar surface area (TPSA) is 46.1 Å². The maximum absolute atomic E-state index is 10.7. The minimum atomic E-state index is 0.142. The predicted octanol–water partition coefficient (Wildman–Crippen LogP) is 1.20. The average molecular weight is 205 g/mol. The number of aromatic nitrogens is 2. The van der Waals surface area contributed by atoms with Crippen molar-refractivity contribution in [1.82, 2.24) is 9.97 Å². The van der Waals surface area contributed by atoms with Crippen molar-refractivity contribution >= 4 is 12.2 Å². The Balaban J connectivity index is 2.09. The Morgan fingerprint density at radius 2 is 2.20 bits per heavy atom. The molecule has 1 aromatic heterocycles. The van der Waals surface area contributed by atoms with Crippen LogP contribution in [0.25, 0.3) is 0 Å². The van der Waals surface area contributed by atoms with Gasteiger partial charge in [0.05, 0.1) is 0 Å². The summed E-state index contributed by atoms with van der Waals surface area (Å²) in [6, 6.07) is 0. The zero-order valence-electron chi connectivity index (χ0n) is 8.89. The fourth-order valence-corrected chi connectivity index (χ4v) is 1.85. The largest absolute Gasteiger partial charge is 0.340 e. The number of carbonyl (C=O) groups is 1. The van der Waals surface area contributed by atoms with E-state index in [9.17, 15) is 4.79 Å². The zero-order valence-corrected chi connectivity index (χ0v) is 8.89. The molecule has 0 N–H and O–H groups in total. The second-order valence-corrected chi connectivity index (χ2v) is 4.04. The molecule has 2 heterocycles. The molecular weight excluding hydrogens is 190 g/mol. The van der Waals surface area contributed by atoms with Gasteiger partial charge in [-0.25, -0.2) is 9.97 Å². The standard InChI is InChI=1S/C11H15N3O/c1-9-5-12-11(13-6-9)14-4-2-3-10(7-14)8-15/h5-6,8,10H,2-4,7H2,1H3. The van der Waals surface area contributed by atoms with Gasteiger partial charge in [-0.1, -0.05) is 0 Å². The number of hydrogen-bond acceptors (Lipinski definition) is 4. The van der Waals surface area contributed by atoms with E-state index in [0.717, 1.165) is 43.7 Å². The third-order valence-corrected chi connectivity index (χ3v) is 2.70. The highest BCUT2D eigenvalue weighted by atomic mass is 16.1. The highest BCUT2D eigenvalue weighted by Gasteiger charge is 2.20. The van der Waals surface area contributed by atoms with E-state index >= 15 is 0 Å². The van der Waals surface area contributed by atoms with E-state index in [2.05, 4.69) is 14.9 Å². The molecular formula is C11H15N3O. The van der Waals surface area contributed by atoms with Crippen LogP contribution in [0.15, 0.2) is 12.4 Å². The molecule has 1 unspecified atom stereocenters. The Hall–Kier alpha value is -1.45. The average Bonchev–Trinajstić information content (AvgIpc) is 2.30. The van der Waals surface area contributed by atoms with E-state index in [-0.39, 0.29) is 5.92 Å². The molecule has 1 fully saturated rings. The lowest BCUT2D eigenvalue weighted by Crippen LogP contribution is -2.37. The van der Waals surface area contributed by atoms with Crippen LogP contribution in [-0.4, -0.2) is 29.3 Å². The Bertz CT molecular complexity index is 336. The molecule has 4 nitrogen and oxygen atoms in total. The SMILES string of the molecule is Cc1cnc(N2CCCC(C=O)C2)nc1. The first-order valence-electron chi connectivity index (χ1n) is 5.28. The highest BCUT2D eigenvalue weighted by molar-refractivity contribution is 5.55. The van der Waals surface area contributed by atoms with E-state index in [4.69, 9.17) is 0 Å². The normalized spacial score (nSPS) is 21.4. The fraction of sp³-hybridized carbons (Fsp3) is 0.545. The lowest BCUT2D eigenvalue weighted by molar-refractivity contribution is -0.111. The van der Waals surface area contributed by atoms with Crippen molar-refractivity contribution < 1.29 is 4.79 Å². The first-order chi connectivity index (χ1) is 7.29. The summed E-state index contributed by atoms with van der Waals surface area (Å²) in [6.07, 6.45) is 6.70. The van der Waals surface area contributed by atoms with Crippen LogP contribution in [0, 0.1) is 12.8 Å². The minimum absolute atomic E-state index is 0.142. The highest BCUT2D eigenvalue weighted by Crippen LogP contribution is 2.18. The van der Waals surface area contributed by atoms with E-state index in [0.29, 0.717) is 0 Å². The van der Waals surface area contributed by atoms with Crippen molar-refractivity contribution in [2.24, 2.45) is 5.92 Å². The van der Waals surface area contributed by atoms with Gasteiger partial charge in [-0.05, 0) is 25.3 Å². The number of hydrogen-bond donors (Lipinski definition) is 0. The van der Waals surface area contributed by atoms with Crippen molar-refractivity contribution in [3.63, 3.8) is 0 Å². The summed E-state index contributed by atoms with van der Waals surface area (Å²) in [5.74, 6) is 0.885. The van der Waals surface area contributed by atoms with E-state index in [1.807, 2.05) is 19.3 Å². The molecule has 4 heteroatoms. The molecule has 0 amide bonds. The Morgan fingerprint density at radius 3 is 2.87 bits per heavy atom. The monoisotopic (exact) mass is 205 g/mol. The van der Waals surface area contributed by atoms with Crippen LogP contribution < -0.4 is 4.90 Å². The first kappa shape index (κ1) is 10.1. The van der Waals surface area contributed by atoms with Gasteiger partial charge < -0.3 is 9.69 Å². The van der Waals surface area contributed by atoms with E-state index in [1.54, 1.807) is 0 Å². The second-order valence-electron chi connectivity index (χ2n) is 4.04. The second kappa shape index (κ2) is 4.38. The number of aldehydes is 1. The van der Waals surface area contributed by atoms with E-state index < -0.39 is 0 Å². The Labute approximate surface area is 89.3 Å². The third kappa shape index (κ3) is 2.32. The van der Waals surface area contributed by atoms with Gasteiger partial charge >= 0.3 is 0 Å². The molecule has 1 aromatic rings. The van der Waals surface area contributed by atoms with Crippen LogP contribution in [0.5, 0.6) is 0 Å². The molecule has 0 saturated carbocycles. The summed E-state index contributed by atoms with van der Waals surface area (Å²) >= 11 is 0. The van der Waals surface area contributed by atoms with Crippen molar-refractivity contribution in [3.05, 3.63) is 18.0 Å². The minimum Gasteiger partial charge on any atom is -0.340 e. The fourth-order valence-electron chi connectivity index (χ4n) is 1.85. The molecule has 0 radical (unpaired) electrons. The molecule has 1 atom stereocenters. The molecule has 0 spiro atoms. The number of anilines is 1. The van der Waals surface area contributed by atoms with Gasteiger partial charge in [-0.3, -0.25) is 0 Å². The summed E-state index contributed by atoms with van der Waals surface area (Å²) in [5.41, 5.74) is 1.06. The van der Waals surface area contributed by atoms with Crippen molar-refractivity contribution in [2.75, 3.05) is 18.0 Å². The molecule has 1 aliphatic heterocycles. The van der Waals surface area contributed by atoms with Crippen LogP contribution in [0.2, 0.25) is 0 Å². The first-order valence-corrected chi connectivity index (χ1v) is 5.28. The quantitative estimate of drug-likeness (QED) is 0.681. The van der Waals surface area contributed by atoms with Crippen LogP contribution in [0.4, 0.5) is 5.95 Å². The Morgan fingerprint density at radius 1 is 1.47 bits per heavy atom. The molecule has 2 rings (SSSR count). The number of piperidine rings is 1. The van der Waals surface area contributed by atoms with Gasteiger partial charge in [-0.2, -0.15) is 0 Å². The molecule has 0 aliphatic carbocycles. The van der Waals surface area contributed by atoms with Crippen LogP contribution in [0.1, 0.15) is 18.4 Å². The number of carbonyl (C=O) groups excluding carboxylic acids is 1. The van der Waals surface area contributed by atoms with Crippen LogP contribution in [-0.2, 0) is 4.79 Å². The summed E-state index contributed by atoms with van der Waals surface area (Å²) in [4.78, 5) is 21.3. The lowest BCUT2D eigenvalue weighted by Gasteiger charge is -2.29. The molecule has 0 aromatic carbocycles. The molecule has 0 bridgehead atoms. The van der Waals surface area contributed by atoms with Crippen LogP contribution in [0.3, 0.4) is 0 Å². The van der Waals surface area contributed by atoms with Gasteiger partial charge in [0, 0.05) is 31.4 Å². The number of nitrogens with zero attached hydrogens (tertiary/aromatic N) is 3. The molecule has 1 aliphatic rings. The van der Waals surface area contributed by atoms with Gasteiger partial charge in [0.25, 0.3) is 0 Å². The van der Waals surface area contributed by atoms with Crippen molar-refractivity contribution in [3.8, 4) is 0 Å². The summed E-state index contributed by atoms with van der Waals surface area (Å²) < 4.78 is 0. The summed E-state index contributed by atoms with van der Waals surface area (Å²) in [6.45, 7) is 3.67. The lowest BCUT2D eigenvalue weighted by atomic mass is 10.0. The zero-order chi connectivity index (χ0) is 10.7. The van der Waals surface area contributed by atoms with E-state index in [1.165, 1.54) is 0 Å². The number of rotatable bonds is 2. The smallest absolute Gasteiger partial charge is 0.225 e. The van der Waals surface area contributed by atoms with Gasteiger partial charge in [0.15, 0.2) is 0 Å². The van der Waals surface area contributed by atoms with Crippen molar-refractivity contribution in [1.29, 1.82) is 0 Å². The maximum Gasteiger partial charge on any atom is 0.225 e. The van der Waals surface area contributed by atoms with Gasteiger partial charge in [0.1, 0.15) is 6.29 Å². The number of aryl methyl sites for hydroxylation is 1.